The van der Waals surface area contributed by atoms with Crippen molar-refractivity contribution in [2.24, 2.45) is 0 Å². The third-order valence-electron chi connectivity index (χ3n) is 5.92. The number of fused-ring (bicyclic) bond motifs is 4. The molecule has 3 aromatic carbocycles. The smallest absolute Gasteiger partial charge is 0.312 e. The molecule has 1 atom stereocenters. The van der Waals surface area contributed by atoms with Gasteiger partial charge in [-0.3, -0.25) is 9.59 Å². The molecule has 1 N–H and O–H groups in total. The van der Waals surface area contributed by atoms with Crippen molar-refractivity contribution in [3.8, 4) is 34.1 Å². The molecule has 6 rings (SSSR count). The summed E-state index contributed by atoms with van der Waals surface area (Å²) in [6, 6.07) is 13.4. The van der Waals surface area contributed by atoms with E-state index in [0.29, 0.717) is 27.6 Å². The van der Waals surface area contributed by atoms with Crippen LogP contribution in [0.4, 0.5) is 0 Å². The standard InChI is InChI=1S/C25H15ClO7/c26-14-4-1-12(2-5-14)16-10-30-25-22-15(13-3-6-18-19(7-13)32-11-31-18)8-21(28)33-20(22)9-17(27)23(25)24(16)29/h1-7,9-10,15,27H,8,11H2/t15-/m1/s1. The third-order valence-corrected chi connectivity index (χ3v) is 6.18. The second kappa shape index (κ2) is 7.28. The Morgan fingerprint density at radius 2 is 1.73 bits per heavy atom. The quantitative estimate of drug-likeness (QED) is 0.331. The van der Waals surface area contributed by atoms with Crippen LogP contribution in [-0.2, 0) is 4.79 Å². The summed E-state index contributed by atoms with van der Waals surface area (Å²) in [6.45, 7) is 0.126. The number of hydrogen-bond donors (Lipinski definition) is 1. The molecule has 0 unspecified atom stereocenters. The highest BCUT2D eigenvalue weighted by molar-refractivity contribution is 6.30. The Labute approximate surface area is 191 Å². The van der Waals surface area contributed by atoms with Crippen molar-refractivity contribution < 1.29 is 28.5 Å². The topological polar surface area (TPSA) is 95.2 Å². The molecule has 1 aromatic heterocycles. The molecule has 0 amide bonds. The average Bonchev–Trinajstić information content (AvgIpc) is 3.27. The van der Waals surface area contributed by atoms with Crippen LogP contribution in [0, 0.1) is 0 Å². The zero-order valence-electron chi connectivity index (χ0n) is 17.0. The maximum absolute atomic E-state index is 13.4. The van der Waals surface area contributed by atoms with Crippen LogP contribution in [0.3, 0.4) is 0 Å². The second-order valence-corrected chi connectivity index (χ2v) is 8.28. The van der Waals surface area contributed by atoms with Gasteiger partial charge in [-0.15, -0.1) is 0 Å². The van der Waals surface area contributed by atoms with Crippen molar-refractivity contribution in [1.29, 1.82) is 0 Å². The van der Waals surface area contributed by atoms with Crippen molar-refractivity contribution >= 4 is 28.5 Å². The first-order chi connectivity index (χ1) is 16.0. The number of hydrogen-bond acceptors (Lipinski definition) is 7. The summed E-state index contributed by atoms with van der Waals surface area (Å²) in [4.78, 5) is 25.7. The number of phenols is 1. The van der Waals surface area contributed by atoms with Gasteiger partial charge in [-0.1, -0.05) is 29.8 Å². The lowest BCUT2D eigenvalue weighted by Gasteiger charge is -2.26. The number of carbonyl (C=O) groups excluding carboxylic acids is 1. The van der Waals surface area contributed by atoms with E-state index in [9.17, 15) is 14.7 Å². The number of carbonyl (C=O) groups is 1. The Bertz CT molecular complexity index is 1500. The van der Waals surface area contributed by atoms with E-state index in [2.05, 4.69) is 0 Å². The van der Waals surface area contributed by atoms with Crippen LogP contribution in [0.2, 0.25) is 5.02 Å². The van der Waals surface area contributed by atoms with Crippen molar-refractivity contribution in [2.75, 3.05) is 6.79 Å². The van der Waals surface area contributed by atoms with Gasteiger partial charge in [0.25, 0.3) is 0 Å². The number of aromatic hydroxyl groups is 1. The minimum absolute atomic E-state index is 0.0184. The predicted molar refractivity (Wildman–Crippen MR) is 119 cm³/mol. The number of ether oxygens (including phenoxy) is 3. The van der Waals surface area contributed by atoms with Crippen LogP contribution in [0.1, 0.15) is 23.5 Å². The van der Waals surface area contributed by atoms with Gasteiger partial charge in [-0.25, -0.2) is 0 Å². The molecule has 0 radical (unpaired) electrons. The molecular formula is C25H15ClO7. The van der Waals surface area contributed by atoms with E-state index in [1.165, 1.54) is 12.3 Å². The zero-order valence-corrected chi connectivity index (χ0v) is 17.7. The van der Waals surface area contributed by atoms with Crippen LogP contribution >= 0.6 is 11.6 Å². The fourth-order valence-corrected chi connectivity index (χ4v) is 4.50. The number of benzene rings is 3. The summed E-state index contributed by atoms with van der Waals surface area (Å²) in [5.41, 5.74) is 1.94. The molecule has 3 heterocycles. The van der Waals surface area contributed by atoms with Crippen molar-refractivity contribution in [2.45, 2.75) is 12.3 Å². The van der Waals surface area contributed by atoms with Gasteiger partial charge in [0, 0.05) is 22.6 Å². The molecule has 0 fully saturated rings. The van der Waals surface area contributed by atoms with Crippen molar-refractivity contribution in [3.63, 3.8) is 0 Å². The zero-order chi connectivity index (χ0) is 22.7. The molecule has 164 valence electrons. The first-order valence-electron chi connectivity index (χ1n) is 10.2. The van der Waals surface area contributed by atoms with Crippen LogP contribution in [0.15, 0.2) is 64.0 Å². The highest BCUT2D eigenvalue weighted by atomic mass is 35.5. The van der Waals surface area contributed by atoms with Gasteiger partial charge >= 0.3 is 5.97 Å². The fourth-order valence-electron chi connectivity index (χ4n) is 4.38. The van der Waals surface area contributed by atoms with Gasteiger partial charge in [-0.2, -0.15) is 0 Å². The lowest BCUT2D eigenvalue weighted by atomic mass is 9.84. The van der Waals surface area contributed by atoms with E-state index in [4.69, 9.17) is 30.2 Å². The summed E-state index contributed by atoms with van der Waals surface area (Å²) in [5, 5.41) is 11.2. The largest absolute Gasteiger partial charge is 0.507 e. The summed E-state index contributed by atoms with van der Waals surface area (Å²) < 4.78 is 22.2. The molecule has 2 aliphatic heterocycles. The Kier molecular flexibility index (Phi) is 4.35. The maximum atomic E-state index is 13.4. The molecular weight excluding hydrogens is 448 g/mol. The SMILES string of the molecule is O=C1C[C@H](c2ccc3c(c2)OCO3)c2c(cc(O)c3c(=O)c(-c4ccc(Cl)cc4)coc23)O1. The van der Waals surface area contributed by atoms with Gasteiger partial charge in [-0.05, 0) is 35.4 Å². The van der Waals surface area contributed by atoms with Crippen molar-refractivity contribution in [3.05, 3.63) is 81.2 Å². The van der Waals surface area contributed by atoms with Crippen LogP contribution in [0.5, 0.6) is 23.0 Å². The Morgan fingerprint density at radius 3 is 2.55 bits per heavy atom. The lowest BCUT2D eigenvalue weighted by Crippen LogP contribution is -2.22. The molecule has 0 spiro atoms. The molecule has 4 aromatic rings. The van der Waals surface area contributed by atoms with Crippen LogP contribution in [0.25, 0.3) is 22.1 Å². The Morgan fingerprint density at radius 1 is 0.939 bits per heavy atom. The highest BCUT2D eigenvalue weighted by Crippen LogP contribution is 2.47. The molecule has 0 aliphatic carbocycles. The molecule has 0 saturated heterocycles. The Hall–Kier alpha value is -3.97. The van der Waals surface area contributed by atoms with E-state index < -0.39 is 17.3 Å². The molecule has 33 heavy (non-hydrogen) atoms. The van der Waals surface area contributed by atoms with E-state index in [-0.39, 0.29) is 41.2 Å². The molecule has 0 saturated carbocycles. The summed E-state index contributed by atoms with van der Waals surface area (Å²) >= 11 is 5.96. The second-order valence-electron chi connectivity index (χ2n) is 7.84. The van der Waals surface area contributed by atoms with E-state index in [0.717, 1.165) is 5.56 Å². The first-order valence-corrected chi connectivity index (χ1v) is 10.5. The van der Waals surface area contributed by atoms with Gasteiger partial charge < -0.3 is 23.7 Å². The molecule has 7 nitrogen and oxygen atoms in total. The lowest BCUT2D eigenvalue weighted by molar-refractivity contribution is -0.135. The van der Waals surface area contributed by atoms with E-state index in [1.807, 2.05) is 6.07 Å². The molecule has 2 aliphatic rings. The van der Waals surface area contributed by atoms with Gasteiger partial charge in [0.2, 0.25) is 12.2 Å². The summed E-state index contributed by atoms with van der Waals surface area (Å²) in [7, 11) is 0. The highest BCUT2D eigenvalue weighted by Gasteiger charge is 2.34. The van der Waals surface area contributed by atoms with Crippen LogP contribution < -0.4 is 19.6 Å². The third kappa shape index (κ3) is 3.12. The van der Waals surface area contributed by atoms with E-state index >= 15 is 0 Å². The number of esters is 1. The van der Waals surface area contributed by atoms with Gasteiger partial charge in [0.1, 0.15) is 28.7 Å². The molecule has 0 bridgehead atoms. The number of rotatable bonds is 2. The van der Waals surface area contributed by atoms with Gasteiger partial charge in [0.05, 0.1) is 12.0 Å². The first kappa shape index (κ1) is 19.7. The van der Waals surface area contributed by atoms with E-state index in [1.54, 1.807) is 36.4 Å². The normalized spacial score (nSPS) is 16.5. The summed E-state index contributed by atoms with van der Waals surface area (Å²) in [6.07, 6.45) is 1.38. The fraction of sp³-hybridized carbons (Fsp3) is 0.120. The number of phenolic OH excluding ortho intramolecular Hbond substituents is 1. The minimum Gasteiger partial charge on any atom is -0.507 e. The maximum Gasteiger partial charge on any atom is 0.312 e. The number of halogens is 1. The van der Waals surface area contributed by atoms with Crippen molar-refractivity contribution in [1.82, 2.24) is 0 Å². The summed E-state index contributed by atoms with van der Waals surface area (Å²) in [5.74, 6) is 0.0933. The van der Waals surface area contributed by atoms with Gasteiger partial charge in [0.15, 0.2) is 11.5 Å². The Balaban J connectivity index is 1.58. The predicted octanol–water partition coefficient (Wildman–Crippen LogP) is 4.99. The minimum atomic E-state index is -0.469. The monoisotopic (exact) mass is 462 g/mol. The molecule has 8 heteroatoms. The van der Waals surface area contributed by atoms with Crippen LogP contribution in [-0.4, -0.2) is 17.9 Å². The average molecular weight is 463 g/mol.